The highest BCUT2D eigenvalue weighted by molar-refractivity contribution is 5.73. The molecule has 6 nitrogen and oxygen atoms in total. The molecule has 1 aliphatic heterocycles. The normalized spacial score (nSPS) is 16.4. The fourth-order valence-electron chi connectivity index (χ4n) is 8.35. The molecule has 3 aliphatic rings. The van der Waals surface area contributed by atoms with Crippen LogP contribution in [-0.2, 0) is 9.59 Å². The van der Waals surface area contributed by atoms with Crippen molar-refractivity contribution in [3.8, 4) is 0 Å². The average Bonchev–Trinajstić information content (AvgIpc) is 3.75. The molecule has 0 radical (unpaired) electrons. The SMILES string of the molecule is C=C.C=C.C=C(C)C.C=C(NC)C1CC(CC)CN1C(=C)C(NC(C)=O)C(C)(C)C.C=C/C=C\C(CCCCC)=C(C)C.C=CCNC=C.CC(C)(C)CCC1(C)CCCCC1.CC(C)=O.CC(C)CC1CCC1. The Balaban J connectivity index is -0.000000194. The van der Waals surface area contributed by atoms with E-state index < -0.39 is 0 Å². The van der Waals surface area contributed by atoms with Gasteiger partial charge in [0, 0.05) is 38.5 Å². The van der Waals surface area contributed by atoms with Gasteiger partial charge in [-0.25, -0.2) is 0 Å². The number of hydrogen-bond acceptors (Lipinski definition) is 5. The lowest BCUT2D eigenvalue weighted by atomic mass is 9.70. The number of nitrogens with one attached hydrogen (secondary N) is 3. The smallest absolute Gasteiger partial charge is 0.217 e. The van der Waals surface area contributed by atoms with E-state index in [0.29, 0.717) is 16.7 Å². The molecule has 0 aromatic heterocycles. The van der Waals surface area contributed by atoms with E-state index in [4.69, 9.17) is 0 Å². The summed E-state index contributed by atoms with van der Waals surface area (Å²) in [5.41, 5.74) is 7.19. The number of carbonyl (C=O) groups is 2. The number of carbonyl (C=O) groups excluding carboxylic acids is 2. The lowest BCUT2D eigenvalue weighted by Crippen LogP contribution is -2.49. The molecule has 0 aromatic rings. The molecular formula is C68H128N4O2. The number of likely N-dealkylation sites (tertiary alicyclic amines) is 1. The lowest BCUT2D eigenvalue weighted by Gasteiger charge is -2.40. The fraction of sp³-hybridized carbons (Fsp3) is 0.676. The van der Waals surface area contributed by atoms with Crippen LogP contribution in [0, 0.1) is 34.0 Å². The van der Waals surface area contributed by atoms with Crippen molar-refractivity contribution in [1.82, 2.24) is 20.9 Å². The monoisotopic (exact) mass is 1030 g/mol. The van der Waals surface area contributed by atoms with Gasteiger partial charge in [0.25, 0.3) is 0 Å². The molecule has 6 heteroatoms. The maximum absolute atomic E-state index is 11.6. The Morgan fingerprint density at radius 1 is 0.797 bits per heavy atom. The van der Waals surface area contributed by atoms with Crippen LogP contribution in [-0.4, -0.2) is 48.8 Å². The first-order valence-electron chi connectivity index (χ1n) is 28.5. The van der Waals surface area contributed by atoms with E-state index in [9.17, 15) is 9.59 Å². The highest BCUT2D eigenvalue weighted by Crippen LogP contribution is 2.42. The second-order valence-electron chi connectivity index (χ2n) is 23.9. The van der Waals surface area contributed by atoms with E-state index in [0.717, 1.165) is 49.2 Å². The van der Waals surface area contributed by atoms with Crippen LogP contribution in [0.2, 0.25) is 0 Å². The van der Waals surface area contributed by atoms with E-state index in [1.54, 1.807) is 19.2 Å². The van der Waals surface area contributed by atoms with E-state index in [2.05, 4.69) is 183 Å². The van der Waals surface area contributed by atoms with E-state index in [1.165, 1.54) is 127 Å². The van der Waals surface area contributed by atoms with Gasteiger partial charge in [-0.3, -0.25) is 4.79 Å². The number of hydrogen-bond donors (Lipinski definition) is 3. The van der Waals surface area contributed by atoms with Gasteiger partial charge in [0.1, 0.15) is 5.78 Å². The minimum Gasteiger partial charge on any atom is -0.390 e. The van der Waals surface area contributed by atoms with Crippen molar-refractivity contribution in [3.05, 3.63) is 124 Å². The number of unbranched alkanes of at least 4 members (excludes halogenated alkanes) is 2. The standard InChI is InChI=1S/C18H33N3O.C13H26.C13H22.C8H16.C5H9N.C4H8.C3H6O.2C2H4/c1-9-15-10-16(12(2)19-8)21(11-15)13(3)17(18(5,6)7)20-14(4)22;1-12(2,3)10-11-13(4)8-6-5-7-9-13;1-5-7-9-11-13(12(3)4)10-8-6-2;1-7(2)6-8-4-3-5-8;1-3-5-6-4-2;1-4(2)3;1-3(2)4;2*1-2/h15-17,19H,2-3,9-11H2,1,4-8H3,(H,20,22);5-11H2,1-4H3;6,8,10H,2,5,7,9,11H2,1,3-4H3;7-8H,3-6H2,1-2H3;3-4,6H,1-2,5H2;1H2,2-3H3;1-2H3;2*1-2H2/b;;10-8-;;;;;;. The second-order valence-corrected chi connectivity index (χ2v) is 23.9. The third-order valence-electron chi connectivity index (χ3n) is 12.7. The van der Waals surface area contributed by atoms with Crippen molar-refractivity contribution < 1.29 is 9.59 Å². The summed E-state index contributed by atoms with van der Waals surface area (Å²) in [4.78, 5) is 23.4. The summed E-state index contributed by atoms with van der Waals surface area (Å²) in [6.45, 7) is 74.4. The van der Waals surface area contributed by atoms with Crippen molar-refractivity contribution in [2.24, 2.45) is 34.0 Å². The van der Waals surface area contributed by atoms with Gasteiger partial charge >= 0.3 is 0 Å². The molecule has 74 heavy (non-hydrogen) atoms. The average molecular weight is 1030 g/mol. The first-order valence-corrected chi connectivity index (χ1v) is 28.5. The Morgan fingerprint density at radius 3 is 1.62 bits per heavy atom. The molecule has 3 atom stereocenters. The molecule has 1 amide bonds. The Kier molecular flexibility index (Phi) is 54.7. The summed E-state index contributed by atoms with van der Waals surface area (Å²) in [5, 5.41) is 9.11. The quantitative estimate of drug-likeness (QED) is 0.0683. The van der Waals surface area contributed by atoms with E-state index in [1.807, 2.05) is 33.0 Å². The molecule has 1 heterocycles. The maximum atomic E-state index is 11.6. The molecule has 3 unspecified atom stereocenters. The Morgan fingerprint density at radius 2 is 1.31 bits per heavy atom. The molecule has 432 valence electrons. The number of likely N-dealkylation sites (N-methyl/N-ethyl adjacent to an activating group) is 1. The summed E-state index contributed by atoms with van der Waals surface area (Å²) in [5.74, 6) is 2.83. The molecule has 0 spiro atoms. The highest BCUT2D eigenvalue weighted by atomic mass is 16.1. The van der Waals surface area contributed by atoms with Gasteiger partial charge in [-0.1, -0.05) is 196 Å². The molecule has 0 bridgehead atoms. The fourth-order valence-corrected chi connectivity index (χ4v) is 8.35. The van der Waals surface area contributed by atoms with Crippen LogP contribution >= 0.6 is 0 Å². The van der Waals surface area contributed by atoms with Crippen molar-refractivity contribution in [2.45, 2.75) is 246 Å². The minimum atomic E-state index is -0.0847. The molecule has 2 aliphatic carbocycles. The van der Waals surface area contributed by atoms with E-state index in [-0.39, 0.29) is 29.2 Å². The maximum Gasteiger partial charge on any atom is 0.217 e. The first-order chi connectivity index (χ1) is 34.4. The minimum absolute atomic E-state index is 0.0173. The molecule has 0 aromatic carbocycles. The van der Waals surface area contributed by atoms with Crippen molar-refractivity contribution in [3.63, 3.8) is 0 Å². The van der Waals surface area contributed by atoms with E-state index >= 15 is 0 Å². The third-order valence-corrected chi connectivity index (χ3v) is 12.7. The van der Waals surface area contributed by atoms with Gasteiger partial charge in [0.05, 0.1) is 12.1 Å². The van der Waals surface area contributed by atoms with Crippen LogP contribution in [0.3, 0.4) is 0 Å². The summed E-state index contributed by atoms with van der Waals surface area (Å²) < 4.78 is 0. The Hall–Kier alpha value is -4.06. The molecule has 3 rings (SSSR count). The van der Waals surface area contributed by atoms with Gasteiger partial charge in [0.15, 0.2) is 0 Å². The van der Waals surface area contributed by atoms with Gasteiger partial charge in [-0.2, -0.15) is 0 Å². The van der Waals surface area contributed by atoms with Crippen LogP contribution < -0.4 is 16.0 Å². The van der Waals surface area contributed by atoms with Crippen LogP contribution in [0.1, 0.15) is 234 Å². The number of nitrogens with zero attached hydrogens (tertiary/aromatic N) is 1. The number of ketones is 1. The van der Waals surface area contributed by atoms with Crippen LogP contribution in [0.5, 0.6) is 0 Å². The third kappa shape index (κ3) is 51.4. The number of rotatable bonds is 19. The first kappa shape index (κ1) is 81.3. The van der Waals surface area contributed by atoms with Crippen molar-refractivity contribution >= 4 is 11.7 Å². The topological polar surface area (TPSA) is 73.5 Å². The summed E-state index contributed by atoms with van der Waals surface area (Å²) in [7, 11) is 1.91. The molecule has 3 N–H and O–H groups in total. The van der Waals surface area contributed by atoms with Gasteiger partial charge < -0.3 is 25.6 Å². The van der Waals surface area contributed by atoms with Crippen LogP contribution in [0.25, 0.3) is 0 Å². The summed E-state index contributed by atoms with van der Waals surface area (Å²) in [6.07, 6.45) is 33.0. The van der Waals surface area contributed by atoms with Crippen LogP contribution in [0.4, 0.5) is 0 Å². The Bertz CT molecular complexity index is 1500. The van der Waals surface area contributed by atoms with Gasteiger partial charge in [-0.05, 0) is 139 Å². The zero-order valence-electron chi connectivity index (χ0n) is 53.0. The predicted octanol–water partition coefficient (Wildman–Crippen LogP) is 19.8. The lowest BCUT2D eigenvalue weighted by molar-refractivity contribution is -0.120. The summed E-state index contributed by atoms with van der Waals surface area (Å²) >= 11 is 0. The molecule has 1 saturated heterocycles. The van der Waals surface area contributed by atoms with Crippen LogP contribution in [0.15, 0.2) is 124 Å². The predicted molar refractivity (Wildman–Crippen MR) is 340 cm³/mol. The largest absolute Gasteiger partial charge is 0.390 e. The summed E-state index contributed by atoms with van der Waals surface area (Å²) in [6, 6.07) is 0.175. The molecular weight excluding hydrogens is 905 g/mol. The number of allylic oxidation sites excluding steroid dienone is 6. The number of amides is 1. The zero-order valence-corrected chi connectivity index (χ0v) is 53.0. The number of Topliss-reactive ketones (excluding diaryl/α,β-unsaturated/α-hetero) is 1. The molecule has 2 saturated carbocycles. The Labute approximate surface area is 464 Å². The zero-order chi connectivity index (χ0) is 59.1. The molecule has 3 fully saturated rings. The van der Waals surface area contributed by atoms with Crippen molar-refractivity contribution in [1.29, 1.82) is 0 Å². The van der Waals surface area contributed by atoms with Gasteiger partial charge in [-0.15, -0.1) is 39.5 Å². The second kappa shape index (κ2) is 49.8. The van der Waals surface area contributed by atoms with Gasteiger partial charge in [0.2, 0.25) is 5.91 Å². The van der Waals surface area contributed by atoms with Crippen molar-refractivity contribution in [2.75, 3.05) is 20.1 Å². The highest BCUT2D eigenvalue weighted by Gasteiger charge is 2.39.